The zero-order valence-corrected chi connectivity index (χ0v) is 14.6. The van der Waals surface area contributed by atoms with Gasteiger partial charge in [0.05, 0.1) is 0 Å². The second-order valence-corrected chi connectivity index (χ2v) is 6.10. The van der Waals surface area contributed by atoms with Crippen LogP contribution in [0.1, 0.15) is 11.1 Å². The van der Waals surface area contributed by atoms with E-state index in [1.807, 2.05) is 84.9 Å². The lowest BCUT2D eigenvalue weighted by Crippen LogP contribution is -2.24. The molecular weight excluding hydrogens is 330 g/mol. The van der Waals surface area contributed by atoms with E-state index in [0.717, 1.165) is 22.4 Å². The third kappa shape index (κ3) is 4.17. The van der Waals surface area contributed by atoms with E-state index in [-0.39, 0.29) is 5.91 Å². The van der Waals surface area contributed by atoms with E-state index in [4.69, 9.17) is 11.6 Å². The number of amides is 1. The van der Waals surface area contributed by atoms with Crippen LogP contribution in [0.5, 0.6) is 0 Å². The molecule has 2 nitrogen and oxygen atoms in total. The predicted octanol–water partition coefficient (Wildman–Crippen LogP) is 5.43. The van der Waals surface area contributed by atoms with Gasteiger partial charge >= 0.3 is 0 Å². The van der Waals surface area contributed by atoms with Crippen molar-refractivity contribution in [3.63, 3.8) is 0 Å². The minimum Gasteiger partial charge on any atom is -0.312 e. The molecule has 0 aliphatic carbocycles. The van der Waals surface area contributed by atoms with Crippen molar-refractivity contribution in [1.82, 2.24) is 0 Å². The van der Waals surface area contributed by atoms with E-state index in [1.54, 1.807) is 18.0 Å². The van der Waals surface area contributed by atoms with Gasteiger partial charge in [-0.15, -0.1) is 0 Å². The Kier molecular flexibility index (Phi) is 5.32. The van der Waals surface area contributed by atoms with Crippen LogP contribution in [-0.4, -0.2) is 13.0 Å². The van der Waals surface area contributed by atoms with Crippen molar-refractivity contribution in [3.05, 3.63) is 107 Å². The number of rotatable bonds is 4. The van der Waals surface area contributed by atoms with Crippen LogP contribution >= 0.6 is 11.6 Å². The summed E-state index contributed by atoms with van der Waals surface area (Å²) in [5.41, 5.74) is 3.65. The minimum atomic E-state index is -0.0833. The largest absolute Gasteiger partial charge is 0.312 e. The SMILES string of the molecule is CN(C(=O)/C=C(\c1ccccc1)c1ccc(Cl)cc1)c1ccccc1. The maximum Gasteiger partial charge on any atom is 0.251 e. The molecule has 0 atom stereocenters. The van der Waals surface area contributed by atoms with Gasteiger partial charge in [0.1, 0.15) is 0 Å². The molecule has 0 spiro atoms. The molecule has 3 aromatic carbocycles. The Bertz CT molecular complexity index is 871. The molecule has 3 heteroatoms. The average molecular weight is 348 g/mol. The predicted molar refractivity (Wildman–Crippen MR) is 105 cm³/mol. The van der Waals surface area contributed by atoms with Crippen molar-refractivity contribution in [2.24, 2.45) is 0 Å². The summed E-state index contributed by atoms with van der Waals surface area (Å²) >= 11 is 6.00. The van der Waals surface area contributed by atoms with Gasteiger partial charge in [-0.25, -0.2) is 0 Å². The van der Waals surface area contributed by atoms with Crippen LogP contribution in [0, 0.1) is 0 Å². The van der Waals surface area contributed by atoms with Gasteiger partial charge in [-0.3, -0.25) is 4.79 Å². The standard InChI is InChI=1S/C22H18ClNO/c1-24(20-10-6-3-7-11-20)22(25)16-21(17-8-4-2-5-9-17)18-12-14-19(23)15-13-18/h2-16H,1H3/b21-16+. The fourth-order valence-corrected chi connectivity index (χ4v) is 2.71. The maximum atomic E-state index is 12.8. The van der Waals surface area contributed by atoms with E-state index in [2.05, 4.69) is 0 Å². The molecule has 0 saturated heterocycles. The fourth-order valence-electron chi connectivity index (χ4n) is 2.58. The summed E-state index contributed by atoms with van der Waals surface area (Å²) in [7, 11) is 1.78. The van der Waals surface area contributed by atoms with E-state index in [9.17, 15) is 4.79 Å². The molecule has 0 bridgehead atoms. The topological polar surface area (TPSA) is 20.3 Å². The number of hydrogen-bond acceptors (Lipinski definition) is 1. The quantitative estimate of drug-likeness (QED) is 0.576. The molecule has 0 fully saturated rings. The lowest BCUT2D eigenvalue weighted by Gasteiger charge is -2.17. The van der Waals surface area contributed by atoms with Crippen LogP contribution < -0.4 is 4.90 Å². The van der Waals surface area contributed by atoms with Gasteiger partial charge in [-0.05, 0) is 41.0 Å². The molecule has 0 N–H and O–H groups in total. The van der Waals surface area contributed by atoms with Gasteiger partial charge < -0.3 is 4.90 Å². The van der Waals surface area contributed by atoms with Crippen LogP contribution in [0.4, 0.5) is 5.69 Å². The lowest BCUT2D eigenvalue weighted by atomic mass is 9.97. The highest BCUT2D eigenvalue weighted by Gasteiger charge is 2.12. The van der Waals surface area contributed by atoms with Gasteiger partial charge in [0.15, 0.2) is 0 Å². The van der Waals surface area contributed by atoms with Crippen LogP contribution in [0.2, 0.25) is 5.02 Å². The first-order valence-corrected chi connectivity index (χ1v) is 8.39. The highest BCUT2D eigenvalue weighted by Crippen LogP contribution is 2.25. The molecule has 124 valence electrons. The molecule has 0 aliphatic heterocycles. The van der Waals surface area contributed by atoms with Crippen LogP contribution in [0.3, 0.4) is 0 Å². The van der Waals surface area contributed by atoms with Crippen molar-refractivity contribution >= 4 is 28.8 Å². The van der Waals surface area contributed by atoms with Crippen molar-refractivity contribution in [1.29, 1.82) is 0 Å². The molecule has 0 unspecified atom stereocenters. The number of hydrogen-bond donors (Lipinski definition) is 0. The van der Waals surface area contributed by atoms with Crippen LogP contribution in [-0.2, 0) is 4.79 Å². The maximum absolute atomic E-state index is 12.8. The first kappa shape index (κ1) is 17.0. The average Bonchev–Trinajstić information content (AvgIpc) is 2.67. The van der Waals surface area contributed by atoms with E-state index in [0.29, 0.717) is 5.02 Å². The van der Waals surface area contributed by atoms with Gasteiger partial charge in [0.25, 0.3) is 5.91 Å². The van der Waals surface area contributed by atoms with Crippen molar-refractivity contribution in [3.8, 4) is 0 Å². The normalized spacial score (nSPS) is 11.2. The summed E-state index contributed by atoms with van der Waals surface area (Å²) < 4.78 is 0. The van der Waals surface area contributed by atoms with E-state index >= 15 is 0 Å². The van der Waals surface area contributed by atoms with Gasteiger partial charge in [-0.2, -0.15) is 0 Å². The van der Waals surface area contributed by atoms with Crippen LogP contribution in [0.25, 0.3) is 5.57 Å². The number of carbonyl (C=O) groups excluding carboxylic acids is 1. The number of likely N-dealkylation sites (N-methyl/N-ethyl adjacent to an activating group) is 1. The Balaban J connectivity index is 2.00. The Morgan fingerprint density at radius 1 is 0.800 bits per heavy atom. The van der Waals surface area contributed by atoms with Crippen molar-refractivity contribution < 1.29 is 4.79 Å². The highest BCUT2D eigenvalue weighted by molar-refractivity contribution is 6.30. The third-order valence-corrected chi connectivity index (χ3v) is 4.23. The number of carbonyl (C=O) groups is 1. The first-order chi connectivity index (χ1) is 12.1. The molecule has 0 aliphatic rings. The van der Waals surface area contributed by atoms with Crippen molar-refractivity contribution in [2.75, 3.05) is 11.9 Å². The van der Waals surface area contributed by atoms with Gasteiger partial charge in [0, 0.05) is 23.8 Å². The van der Waals surface area contributed by atoms with Gasteiger partial charge in [-0.1, -0.05) is 72.3 Å². The fraction of sp³-hybridized carbons (Fsp3) is 0.0455. The molecule has 3 aromatic rings. The summed E-state index contributed by atoms with van der Waals surface area (Å²) in [6.45, 7) is 0. The number of benzene rings is 3. The second-order valence-electron chi connectivity index (χ2n) is 5.66. The Morgan fingerprint density at radius 3 is 1.92 bits per heavy atom. The van der Waals surface area contributed by atoms with E-state index < -0.39 is 0 Å². The highest BCUT2D eigenvalue weighted by atomic mass is 35.5. The number of nitrogens with zero attached hydrogens (tertiary/aromatic N) is 1. The Hall–Kier alpha value is -2.84. The summed E-state index contributed by atoms with van der Waals surface area (Å²) in [6.07, 6.45) is 1.67. The zero-order chi connectivity index (χ0) is 17.6. The second kappa shape index (κ2) is 7.82. The molecule has 0 radical (unpaired) electrons. The van der Waals surface area contributed by atoms with Crippen molar-refractivity contribution in [2.45, 2.75) is 0 Å². The smallest absolute Gasteiger partial charge is 0.251 e. The summed E-state index contributed by atoms with van der Waals surface area (Å²) in [5.74, 6) is -0.0833. The molecule has 1 amide bonds. The summed E-state index contributed by atoms with van der Waals surface area (Å²) in [4.78, 5) is 14.4. The Morgan fingerprint density at radius 2 is 1.32 bits per heavy atom. The van der Waals surface area contributed by atoms with Gasteiger partial charge in [0.2, 0.25) is 0 Å². The molecule has 0 saturated carbocycles. The molecule has 0 aromatic heterocycles. The van der Waals surface area contributed by atoms with Crippen LogP contribution in [0.15, 0.2) is 91.0 Å². The zero-order valence-electron chi connectivity index (χ0n) is 13.9. The molecular formula is C22H18ClNO. The first-order valence-electron chi connectivity index (χ1n) is 8.01. The number of para-hydroxylation sites is 1. The molecule has 3 rings (SSSR count). The minimum absolute atomic E-state index is 0.0833. The lowest BCUT2D eigenvalue weighted by molar-refractivity contribution is -0.113. The monoisotopic (exact) mass is 347 g/mol. The summed E-state index contributed by atoms with van der Waals surface area (Å²) in [6, 6.07) is 27.0. The molecule has 0 heterocycles. The van der Waals surface area contributed by atoms with E-state index in [1.165, 1.54) is 0 Å². The number of anilines is 1. The third-order valence-electron chi connectivity index (χ3n) is 3.98. The number of halogens is 1. The Labute approximate surface area is 153 Å². The summed E-state index contributed by atoms with van der Waals surface area (Å²) in [5, 5.41) is 0.670. The molecule has 25 heavy (non-hydrogen) atoms.